The first-order valence-corrected chi connectivity index (χ1v) is 21.5. The van der Waals surface area contributed by atoms with Crippen LogP contribution in [0.25, 0.3) is 53.8 Å². The second kappa shape index (κ2) is 15.9. The molecule has 0 radical (unpaired) electrons. The molecule has 2 aliphatic rings. The highest BCUT2D eigenvalue weighted by molar-refractivity contribution is 7.25. The van der Waals surface area contributed by atoms with Crippen molar-refractivity contribution in [3.63, 3.8) is 0 Å². The van der Waals surface area contributed by atoms with Crippen LogP contribution in [0, 0.1) is 0 Å². The molecule has 61 heavy (non-hydrogen) atoms. The molecule has 0 aliphatic carbocycles. The fourth-order valence-corrected chi connectivity index (χ4v) is 9.58. The van der Waals surface area contributed by atoms with Gasteiger partial charge in [0.2, 0.25) is 0 Å². The van der Waals surface area contributed by atoms with Crippen LogP contribution < -0.4 is 10.6 Å². The summed E-state index contributed by atoms with van der Waals surface area (Å²) in [5.74, 6) is 0. The van der Waals surface area contributed by atoms with Gasteiger partial charge in [-0.3, -0.25) is 9.98 Å². The Kier molecular flexibility index (Phi) is 9.49. The fourth-order valence-electron chi connectivity index (χ4n) is 8.45. The average molecular weight is 801 g/mol. The molecule has 5 heteroatoms. The minimum absolute atomic E-state index is 0.198. The van der Waals surface area contributed by atoms with Crippen molar-refractivity contribution >= 4 is 54.3 Å². The second-order valence-corrected chi connectivity index (χ2v) is 16.5. The van der Waals surface area contributed by atoms with Gasteiger partial charge in [-0.2, -0.15) is 0 Å². The SMILES string of the molecule is C1=C(c2ccc(-c3cc4c(cc3-c3cccc(C5=CC(c6ccccc6)=NC(c6ccccc6)N5)c3)sc3ccccc34)cc2)NC(c2ccccc2)N=C1c1ccccc1. The first kappa shape index (κ1) is 36.5. The van der Waals surface area contributed by atoms with Crippen LogP contribution in [0.5, 0.6) is 0 Å². The molecule has 2 aliphatic heterocycles. The van der Waals surface area contributed by atoms with E-state index in [0.29, 0.717) is 0 Å². The van der Waals surface area contributed by atoms with E-state index < -0.39 is 0 Å². The van der Waals surface area contributed by atoms with Gasteiger partial charge in [0, 0.05) is 31.6 Å². The van der Waals surface area contributed by atoms with Gasteiger partial charge < -0.3 is 10.6 Å². The Bertz CT molecular complexity index is 3170. The van der Waals surface area contributed by atoms with E-state index in [9.17, 15) is 0 Å². The highest BCUT2D eigenvalue weighted by Crippen LogP contribution is 2.43. The van der Waals surface area contributed by atoms with E-state index in [1.54, 1.807) is 0 Å². The number of hydrogen-bond donors (Lipinski definition) is 2. The zero-order chi connectivity index (χ0) is 40.5. The molecule has 11 rings (SSSR count). The lowest BCUT2D eigenvalue weighted by atomic mass is 9.91. The Morgan fingerprint density at radius 2 is 0.820 bits per heavy atom. The van der Waals surface area contributed by atoms with Gasteiger partial charge in [0.25, 0.3) is 0 Å². The maximum absolute atomic E-state index is 5.18. The summed E-state index contributed by atoms with van der Waals surface area (Å²) in [4.78, 5) is 10.3. The maximum Gasteiger partial charge on any atom is 0.145 e. The molecule has 0 spiro atoms. The highest BCUT2D eigenvalue weighted by atomic mass is 32.1. The minimum atomic E-state index is -0.212. The van der Waals surface area contributed by atoms with Gasteiger partial charge in [-0.15, -0.1) is 11.3 Å². The van der Waals surface area contributed by atoms with Crippen LogP contribution in [0.3, 0.4) is 0 Å². The topological polar surface area (TPSA) is 48.8 Å². The van der Waals surface area contributed by atoms with Gasteiger partial charge >= 0.3 is 0 Å². The van der Waals surface area contributed by atoms with Crippen LogP contribution >= 0.6 is 11.3 Å². The van der Waals surface area contributed by atoms with Crippen molar-refractivity contribution in [1.82, 2.24) is 10.6 Å². The van der Waals surface area contributed by atoms with Crippen LogP contribution in [-0.2, 0) is 0 Å². The molecule has 3 heterocycles. The average Bonchev–Trinajstić information content (AvgIpc) is 3.72. The summed E-state index contributed by atoms with van der Waals surface area (Å²) in [6, 6.07) is 73.3. The van der Waals surface area contributed by atoms with Crippen LogP contribution in [0.2, 0.25) is 0 Å². The molecular weight excluding hydrogens is 761 g/mol. The van der Waals surface area contributed by atoms with Crippen molar-refractivity contribution in [3.8, 4) is 22.3 Å². The maximum atomic E-state index is 5.18. The molecular formula is C56H40N4S. The quantitative estimate of drug-likeness (QED) is 0.161. The van der Waals surface area contributed by atoms with Crippen molar-refractivity contribution < 1.29 is 0 Å². The normalized spacial score (nSPS) is 16.2. The molecule has 0 bridgehead atoms. The molecule has 290 valence electrons. The molecule has 2 N–H and O–H groups in total. The van der Waals surface area contributed by atoms with E-state index in [2.05, 4.69) is 217 Å². The number of fused-ring (bicyclic) bond motifs is 3. The van der Waals surface area contributed by atoms with Crippen molar-refractivity contribution in [2.75, 3.05) is 0 Å². The number of benzene rings is 8. The summed E-state index contributed by atoms with van der Waals surface area (Å²) in [5.41, 5.74) is 15.4. The van der Waals surface area contributed by atoms with Crippen LogP contribution in [0.4, 0.5) is 0 Å². The number of allylic oxidation sites excluding steroid dienone is 2. The predicted molar refractivity (Wildman–Crippen MR) is 257 cm³/mol. The molecule has 2 atom stereocenters. The van der Waals surface area contributed by atoms with Crippen molar-refractivity contribution in [1.29, 1.82) is 0 Å². The van der Waals surface area contributed by atoms with E-state index in [-0.39, 0.29) is 12.3 Å². The summed E-state index contributed by atoms with van der Waals surface area (Å²) in [7, 11) is 0. The lowest BCUT2D eigenvalue weighted by Crippen LogP contribution is -2.24. The monoisotopic (exact) mass is 800 g/mol. The van der Waals surface area contributed by atoms with Crippen molar-refractivity contribution in [3.05, 3.63) is 252 Å². The third-order valence-corrected chi connectivity index (χ3v) is 12.7. The lowest BCUT2D eigenvalue weighted by molar-refractivity contribution is 0.664. The van der Waals surface area contributed by atoms with Gasteiger partial charge in [0.05, 0.1) is 11.4 Å². The summed E-state index contributed by atoms with van der Waals surface area (Å²) >= 11 is 1.85. The van der Waals surface area contributed by atoms with Gasteiger partial charge in [0.15, 0.2) is 0 Å². The molecule has 2 unspecified atom stereocenters. The Balaban J connectivity index is 1.00. The fraction of sp³-hybridized carbons (Fsp3) is 0.0357. The van der Waals surface area contributed by atoms with E-state index in [4.69, 9.17) is 9.98 Å². The molecule has 0 saturated carbocycles. The third kappa shape index (κ3) is 7.26. The molecule has 1 aromatic heterocycles. The molecule has 8 aromatic carbocycles. The lowest BCUT2D eigenvalue weighted by Gasteiger charge is -2.25. The number of thiophene rings is 1. The summed E-state index contributed by atoms with van der Waals surface area (Å²) in [6.07, 6.45) is 3.95. The zero-order valence-corrected chi connectivity index (χ0v) is 34.1. The summed E-state index contributed by atoms with van der Waals surface area (Å²) < 4.78 is 2.57. The van der Waals surface area contributed by atoms with E-state index in [1.165, 1.54) is 31.3 Å². The molecule has 0 amide bonds. The Hall–Kier alpha value is -7.60. The standard InChI is InChI=1S/C56H40N4S/c1-5-16-38(17-6-1)49-35-51(59-55(57-49)41-20-9-3-10-21-41)40-30-28-37(29-31-40)46-33-48-45-26-13-14-27-53(45)61-54(48)34-47(46)43-24-15-25-44(32-43)52-36-50(39-18-7-2-8-19-39)58-56(60-52)42-22-11-4-12-23-42/h1-36,55-56,59-60H. The minimum Gasteiger partial charge on any atom is -0.360 e. The number of rotatable bonds is 8. The van der Waals surface area contributed by atoms with Gasteiger partial charge in [0.1, 0.15) is 12.3 Å². The van der Waals surface area contributed by atoms with Crippen molar-refractivity contribution in [2.24, 2.45) is 9.98 Å². The van der Waals surface area contributed by atoms with Crippen LogP contribution in [0.15, 0.2) is 228 Å². The second-order valence-electron chi connectivity index (χ2n) is 15.4. The van der Waals surface area contributed by atoms with Gasteiger partial charge in [-0.05, 0) is 92.1 Å². The largest absolute Gasteiger partial charge is 0.360 e. The number of nitrogens with zero attached hydrogens (tertiary/aromatic N) is 2. The molecule has 4 nitrogen and oxygen atoms in total. The predicted octanol–water partition coefficient (Wildman–Crippen LogP) is 13.7. The van der Waals surface area contributed by atoms with E-state index >= 15 is 0 Å². The number of aliphatic imine (C=N–C) groups is 2. The van der Waals surface area contributed by atoms with E-state index in [1.807, 2.05) is 23.5 Å². The van der Waals surface area contributed by atoms with E-state index in [0.717, 1.165) is 67.3 Å². The zero-order valence-electron chi connectivity index (χ0n) is 33.2. The van der Waals surface area contributed by atoms with Crippen molar-refractivity contribution in [2.45, 2.75) is 12.3 Å². The number of nitrogens with one attached hydrogen (secondary N) is 2. The molecule has 0 fully saturated rings. The summed E-state index contributed by atoms with van der Waals surface area (Å²) in [5, 5.41) is 10.1. The number of hydrogen-bond acceptors (Lipinski definition) is 5. The highest BCUT2D eigenvalue weighted by Gasteiger charge is 2.22. The van der Waals surface area contributed by atoms with Gasteiger partial charge in [-0.25, -0.2) is 0 Å². The van der Waals surface area contributed by atoms with Crippen LogP contribution in [-0.4, -0.2) is 11.4 Å². The van der Waals surface area contributed by atoms with Crippen LogP contribution in [0.1, 0.15) is 45.7 Å². The molecule has 0 saturated heterocycles. The first-order chi connectivity index (χ1) is 30.2. The summed E-state index contributed by atoms with van der Waals surface area (Å²) in [6.45, 7) is 0. The Morgan fingerprint density at radius 3 is 1.43 bits per heavy atom. The Morgan fingerprint density at radius 1 is 0.344 bits per heavy atom. The Labute approximate surface area is 359 Å². The van der Waals surface area contributed by atoms with Gasteiger partial charge in [-0.1, -0.05) is 182 Å². The first-order valence-electron chi connectivity index (χ1n) is 20.7. The smallest absolute Gasteiger partial charge is 0.145 e. The third-order valence-electron chi connectivity index (χ3n) is 11.6. The molecule has 9 aromatic rings.